The number of rotatable bonds is 5. The zero-order valence-electron chi connectivity index (χ0n) is 9.29. The van der Waals surface area contributed by atoms with E-state index in [1.807, 2.05) is 6.92 Å². The maximum absolute atomic E-state index is 12.2. The van der Waals surface area contributed by atoms with Crippen LogP contribution in [0.2, 0.25) is 0 Å². The van der Waals surface area contributed by atoms with Crippen LogP contribution in [0.15, 0.2) is 29.2 Å². The van der Waals surface area contributed by atoms with Gasteiger partial charge in [-0.2, -0.15) is 13.2 Å². The predicted octanol–water partition coefficient (Wildman–Crippen LogP) is 3.49. The van der Waals surface area contributed by atoms with Gasteiger partial charge in [-0.15, -0.1) is 0 Å². The Balaban J connectivity index is 2.65. The van der Waals surface area contributed by atoms with E-state index in [9.17, 15) is 17.4 Å². The third kappa shape index (κ3) is 4.38. The second kappa shape index (κ2) is 6.05. The van der Waals surface area contributed by atoms with Crippen molar-refractivity contribution in [1.82, 2.24) is 0 Å². The predicted molar refractivity (Wildman–Crippen MR) is 59.3 cm³/mol. The Morgan fingerprint density at radius 2 is 1.82 bits per heavy atom. The van der Waals surface area contributed by atoms with Gasteiger partial charge in [0.05, 0.1) is 6.61 Å². The van der Waals surface area contributed by atoms with Crippen LogP contribution in [-0.4, -0.2) is 16.3 Å². The van der Waals surface area contributed by atoms with E-state index >= 15 is 0 Å². The van der Waals surface area contributed by atoms with Gasteiger partial charge in [-0.1, -0.05) is 13.3 Å². The molecule has 2 nitrogen and oxygen atoms in total. The van der Waals surface area contributed by atoms with Crippen molar-refractivity contribution < 1.29 is 22.1 Å². The van der Waals surface area contributed by atoms with Crippen molar-refractivity contribution >= 4 is 10.8 Å². The standard InChI is InChI=1S/C11H13F3O2S/c1-2-3-8-16-9-4-6-10(7-5-9)17(15)11(12,13)14/h4-7H,2-3,8H2,1H3. The van der Waals surface area contributed by atoms with E-state index in [2.05, 4.69) is 0 Å². The van der Waals surface area contributed by atoms with Crippen LogP contribution in [0.3, 0.4) is 0 Å². The molecule has 0 aliphatic heterocycles. The summed E-state index contributed by atoms with van der Waals surface area (Å²) < 4.78 is 52.7. The normalized spacial score (nSPS) is 13.4. The molecule has 0 spiro atoms. The first-order chi connectivity index (χ1) is 7.95. The van der Waals surface area contributed by atoms with E-state index in [1.165, 1.54) is 24.3 Å². The zero-order valence-corrected chi connectivity index (χ0v) is 10.1. The largest absolute Gasteiger partial charge is 0.494 e. The average Bonchev–Trinajstić information content (AvgIpc) is 2.28. The Morgan fingerprint density at radius 1 is 1.24 bits per heavy atom. The maximum atomic E-state index is 12.2. The molecule has 0 saturated carbocycles. The molecule has 96 valence electrons. The summed E-state index contributed by atoms with van der Waals surface area (Å²) in [6, 6.07) is 5.14. The molecule has 1 aromatic carbocycles. The Kier molecular flexibility index (Phi) is 4.99. The lowest BCUT2D eigenvalue weighted by Gasteiger charge is -2.08. The fourth-order valence-corrected chi connectivity index (χ4v) is 1.78. The minimum absolute atomic E-state index is 0.264. The highest BCUT2D eigenvalue weighted by Gasteiger charge is 2.37. The van der Waals surface area contributed by atoms with E-state index in [-0.39, 0.29) is 4.90 Å². The molecule has 0 N–H and O–H groups in total. The van der Waals surface area contributed by atoms with Crippen LogP contribution >= 0.6 is 0 Å². The summed E-state index contributed by atoms with van der Waals surface area (Å²) in [7, 11) is -2.97. The van der Waals surface area contributed by atoms with Crippen molar-refractivity contribution in [2.75, 3.05) is 6.61 Å². The van der Waals surface area contributed by atoms with Gasteiger partial charge in [0.1, 0.15) is 5.75 Å². The number of hydrogen-bond donors (Lipinski definition) is 0. The molecule has 0 aromatic heterocycles. The second-order valence-corrected chi connectivity index (χ2v) is 4.86. The van der Waals surface area contributed by atoms with E-state index in [0.29, 0.717) is 12.4 Å². The molecule has 6 heteroatoms. The van der Waals surface area contributed by atoms with Crippen molar-refractivity contribution in [3.05, 3.63) is 24.3 Å². The highest BCUT2D eigenvalue weighted by Crippen LogP contribution is 2.27. The van der Waals surface area contributed by atoms with Crippen molar-refractivity contribution in [1.29, 1.82) is 0 Å². The average molecular weight is 266 g/mol. The lowest BCUT2D eigenvalue weighted by atomic mass is 10.3. The molecule has 1 rings (SSSR count). The van der Waals surface area contributed by atoms with Gasteiger partial charge in [-0.3, -0.25) is 0 Å². The molecular weight excluding hydrogens is 253 g/mol. The molecule has 0 bridgehead atoms. The lowest BCUT2D eigenvalue weighted by molar-refractivity contribution is -0.0384. The third-order valence-electron chi connectivity index (χ3n) is 2.01. The second-order valence-electron chi connectivity index (χ2n) is 3.39. The summed E-state index contributed by atoms with van der Waals surface area (Å²) in [6.07, 6.45) is 1.87. The van der Waals surface area contributed by atoms with Crippen LogP contribution in [0.1, 0.15) is 19.8 Å². The SMILES string of the molecule is CCCCOc1ccc(S(=O)C(F)(F)F)cc1. The minimum Gasteiger partial charge on any atom is -0.494 e. The van der Waals surface area contributed by atoms with Gasteiger partial charge in [-0.05, 0) is 30.7 Å². The van der Waals surface area contributed by atoms with Crippen LogP contribution in [0.5, 0.6) is 5.75 Å². The van der Waals surface area contributed by atoms with Gasteiger partial charge in [0, 0.05) is 4.90 Å². The van der Waals surface area contributed by atoms with Crippen LogP contribution in [0, 0.1) is 0 Å². The van der Waals surface area contributed by atoms with E-state index < -0.39 is 16.3 Å². The zero-order chi connectivity index (χ0) is 12.9. The highest BCUT2D eigenvalue weighted by molar-refractivity contribution is 7.86. The molecule has 0 radical (unpaired) electrons. The molecule has 0 aliphatic carbocycles. The molecule has 0 fully saturated rings. The van der Waals surface area contributed by atoms with E-state index in [1.54, 1.807) is 0 Å². The van der Waals surface area contributed by atoms with Crippen molar-refractivity contribution in [2.45, 2.75) is 30.2 Å². The monoisotopic (exact) mass is 266 g/mol. The fourth-order valence-electron chi connectivity index (χ4n) is 1.13. The first-order valence-electron chi connectivity index (χ1n) is 5.16. The number of hydrogen-bond acceptors (Lipinski definition) is 2. The number of benzene rings is 1. The Bertz CT molecular complexity index is 373. The summed E-state index contributed by atoms with van der Waals surface area (Å²) in [5, 5.41) is 0. The number of halogens is 3. The molecule has 17 heavy (non-hydrogen) atoms. The summed E-state index contributed by atoms with van der Waals surface area (Å²) in [6.45, 7) is 2.54. The van der Waals surface area contributed by atoms with Gasteiger partial charge in [0.15, 0.2) is 10.8 Å². The molecule has 1 unspecified atom stereocenters. The molecule has 0 saturated heterocycles. The lowest BCUT2D eigenvalue weighted by Crippen LogP contribution is -2.16. The van der Waals surface area contributed by atoms with Crippen LogP contribution in [0.25, 0.3) is 0 Å². The summed E-state index contributed by atoms with van der Waals surface area (Å²) >= 11 is 0. The number of alkyl halides is 3. The highest BCUT2D eigenvalue weighted by atomic mass is 32.2. The molecule has 1 atom stereocenters. The van der Waals surface area contributed by atoms with Crippen molar-refractivity contribution in [2.24, 2.45) is 0 Å². The molecule has 1 aromatic rings. The Hall–Kier alpha value is -1.04. The van der Waals surface area contributed by atoms with Gasteiger partial charge >= 0.3 is 5.51 Å². The van der Waals surface area contributed by atoms with Crippen LogP contribution < -0.4 is 4.74 Å². The first kappa shape index (κ1) is 14.0. The van der Waals surface area contributed by atoms with E-state index in [0.717, 1.165) is 12.8 Å². The first-order valence-corrected chi connectivity index (χ1v) is 6.31. The molecule has 0 amide bonds. The third-order valence-corrected chi connectivity index (χ3v) is 3.14. The van der Waals surface area contributed by atoms with Gasteiger partial charge in [-0.25, -0.2) is 4.21 Å². The summed E-state index contributed by atoms with van der Waals surface area (Å²) in [4.78, 5) is -0.264. The smallest absolute Gasteiger partial charge is 0.475 e. The van der Waals surface area contributed by atoms with Gasteiger partial charge in [0.2, 0.25) is 0 Å². The maximum Gasteiger partial charge on any atom is 0.475 e. The Morgan fingerprint density at radius 3 is 2.29 bits per heavy atom. The van der Waals surface area contributed by atoms with Crippen LogP contribution in [-0.2, 0) is 10.8 Å². The Labute approximate surface area is 100 Å². The van der Waals surface area contributed by atoms with Gasteiger partial charge < -0.3 is 4.74 Å². The molecular formula is C11H13F3O2S. The van der Waals surface area contributed by atoms with Gasteiger partial charge in [0.25, 0.3) is 0 Å². The molecule has 0 heterocycles. The summed E-state index contributed by atoms with van der Waals surface area (Å²) in [5.41, 5.74) is -4.72. The number of ether oxygens (including phenoxy) is 1. The van der Waals surface area contributed by atoms with Crippen molar-refractivity contribution in [3.63, 3.8) is 0 Å². The topological polar surface area (TPSA) is 26.3 Å². The fraction of sp³-hybridized carbons (Fsp3) is 0.455. The quantitative estimate of drug-likeness (QED) is 0.762. The van der Waals surface area contributed by atoms with Crippen LogP contribution in [0.4, 0.5) is 13.2 Å². The van der Waals surface area contributed by atoms with Crippen molar-refractivity contribution in [3.8, 4) is 5.75 Å². The number of unbranched alkanes of at least 4 members (excludes halogenated alkanes) is 1. The summed E-state index contributed by atoms with van der Waals surface area (Å²) in [5.74, 6) is 0.487. The minimum atomic E-state index is -4.72. The van der Waals surface area contributed by atoms with E-state index in [4.69, 9.17) is 4.74 Å². The molecule has 0 aliphatic rings.